The van der Waals surface area contributed by atoms with Gasteiger partial charge in [-0.1, -0.05) is 16.8 Å². The maximum atomic E-state index is 13.2. The van der Waals surface area contributed by atoms with Gasteiger partial charge < -0.3 is 14.3 Å². The number of carbonyl (C=O) groups is 2. The van der Waals surface area contributed by atoms with Gasteiger partial charge in [-0.2, -0.15) is 0 Å². The van der Waals surface area contributed by atoms with Crippen molar-refractivity contribution in [2.24, 2.45) is 0 Å². The molecule has 32 heavy (non-hydrogen) atoms. The lowest BCUT2D eigenvalue weighted by atomic mass is 10.1. The summed E-state index contributed by atoms with van der Waals surface area (Å²) in [5.74, 6) is 1.28. The lowest BCUT2D eigenvalue weighted by molar-refractivity contribution is 0.0533. The number of rotatable bonds is 5. The van der Waals surface area contributed by atoms with Gasteiger partial charge in [0.05, 0.1) is 11.3 Å². The number of carbonyl (C=O) groups excluding carboxylic acids is 2. The van der Waals surface area contributed by atoms with Crippen molar-refractivity contribution >= 4 is 35.2 Å². The third-order valence-electron chi connectivity index (χ3n) is 5.48. The summed E-state index contributed by atoms with van der Waals surface area (Å²) in [6.07, 6.45) is 1.69. The first-order valence-corrected chi connectivity index (χ1v) is 11.6. The highest BCUT2D eigenvalue weighted by Gasteiger charge is 2.27. The van der Waals surface area contributed by atoms with Gasteiger partial charge in [-0.15, -0.1) is 11.8 Å². The van der Waals surface area contributed by atoms with E-state index in [-0.39, 0.29) is 11.8 Å². The number of thioether (sulfide) groups is 1. The largest absolute Gasteiger partial charge is 0.361 e. The summed E-state index contributed by atoms with van der Waals surface area (Å²) in [7, 11) is 0. The van der Waals surface area contributed by atoms with Crippen LogP contribution in [0.1, 0.15) is 37.7 Å². The van der Waals surface area contributed by atoms with Crippen LogP contribution in [0.4, 0.5) is 0 Å². The summed E-state index contributed by atoms with van der Waals surface area (Å²) >= 11 is 7.41. The molecule has 1 saturated heterocycles. The molecule has 2 amide bonds. The molecule has 1 fully saturated rings. The van der Waals surface area contributed by atoms with Crippen LogP contribution in [0.3, 0.4) is 0 Å². The summed E-state index contributed by atoms with van der Waals surface area (Å²) in [6.45, 7) is 5.69. The molecule has 0 atom stereocenters. The Morgan fingerprint density at radius 3 is 2.31 bits per heavy atom. The number of pyridine rings is 1. The third-order valence-corrected chi connectivity index (χ3v) is 6.77. The van der Waals surface area contributed by atoms with Gasteiger partial charge in [-0.05, 0) is 50.2 Å². The first-order valence-electron chi connectivity index (χ1n) is 10.3. The minimum absolute atomic E-state index is 0.0501. The zero-order valence-corrected chi connectivity index (χ0v) is 19.4. The maximum Gasteiger partial charge on any atom is 0.256 e. The van der Waals surface area contributed by atoms with Crippen LogP contribution < -0.4 is 0 Å². The van der Waals surface area contributed by atoms with Crippen molar-refractivity contribution in [3.8, 4) is 0 Å². The smallest absolute Gasteiger partial charge is 0.256 e. The van der Waals surface area contributed by atoms with Crippen LogP contribution in [0.25, 0.3) is 0 Å². The molecule has 3 aromatic rings. The molecule has 4 rings (SSSR count). The van der Waals surface area contributed by atoms with E-state index in [1.54, 1.807) is 52.4 Å². The second kappa shape index (κ2) is 9.75. The molecule has 166 valence electrons. The molecule has 3 heterocycles. The lowest BCUT2D eigenvalue weighted by Crippen LogP contribution is -2.50. The Hall–Kier alpha value is -2.84. The Balaban J connectivity index is 1.40. The Bertz CT molecular complexity index is 1110. The summed E-state index contributed by atoms with van der Waals surface area (Å²) in [4.78, 5) is 33.9. The van der Waals surface area contributed by atoms with Crippen molar-refractivity contribution in [1.82, 2.24) is 19.9 Å². The molecule has 2 aromatic heterocycles. The normalized spacial score (nSPS) is 14.0. The van der Waals surface area contributed by atoms with Crippen molar-refractivity contribution in [2.75, 3.05) is 26.2 Å². The molecule has 1 aliphatic heterocycles. The number of benzene rings is 1. The van der Waals surface area contributed by atoms with Crippen LogP contribution in [0, 0.1) is 13.8 Å². The Labute approximate surface area is 195 Å². The van der Waals surface area contributed by atoms with Crippen molar-refractivity contribution in [1.29, 1.82) is 0 Å². The highest BCUT2D eigenvalue weighted by molar-refractivity contribution is 7.98. The van der Waals surface area contributed by atoms with E-state index in [0.717, 1.165) is 17.0 Å². The summed E-state index contributed by atoms with van der Waals surface area (Å²) in [6, 6.07) is 10.4. The van der Waals surface area contributed by atoms with Crippen LogP contribution in [0.5, 0.6) is 0 Å². The van der Waals surface area contributed by atoms with Gasteiger partial charge >= 0.3 is 0 Å². The topological polar surface area (TPSA) is 79.5 Å². The zero-order valence-electron chi connectivity index (χ0n) is 17.9. The minimum Gasteiger partial charge on any atom is -0.361 e. The molecule has 1 aliphatic rings. The second-order valence-electron chi connectivity index (χ2n) is 7.54. The number of hydrogen-bond acceptors (Lipinski definition) is 6. The average Bonchev–Trinajstić information content (AvgIpc) is 3.14. The zero-order chi connectivity index (χ0) is 22.7. The second-order valence-corrected chi connectivity index (χ2v) is 8.94. The van der Waals surface area contributed by atoms with E-state index in [4.69, 9.17) is 16.1 Å². The van der Waals surface area contributed by atoms with Gasteiger partial charge in [0, 0.05) is 54.3 Å². The number of amides is 2. The molecular weight excluding hydrogens is 448 g/mol. The highest BCUT2D eigenvalue weighted by atomic mass is 35.5. The first kappa shape index (κ1) is 22.4. The molecule has 0 spiro atoms. The number of aromatic nitrogens is 2. The average molecular weight is 471 g/mol. The van der Waals surface area contributed by atoms with Crippen LogP contribution in [0.15, 0.2) is 52.1 Å². The van der Waals surface area contributed by atoms with Crippen molar-refractivity contribution in [3.05, 3.63) is 75.8 Å². The fraction of sp³-hybridized carbons (Fsp3) is 0.304. The molecule has 0 saturated carbocycles. The number of piperazine rings is 1. The molecule has 0 radical (unpaired) electrons. The first-order chi connectivity index (χ1) is 15.4. The summed E-state index contributed by atoms with van der Waals surface area (Å²) in [5, 5.41) is 5.26. The van der Waals surface area contributed by atoms with E-state index in [1.165, 1.54) is 11.8 Å². The predicted molar refractivity (Wildman–Crippen MR) is 123 cm³/mol. The van der Waals surface area contributed by atoms with Crippen LogP contribution >= 0.6 is 23.4 Å². The fourth-order valence-corrected chi connectivity index (χ4v) is 4.84. The van der Waals surface area contributed by atoms with Crippen molar-refractivity contribution in [2.45, 2.75) is 24.6 Å². The standard InChI is InChI=1S/C23H23ClN4O3S/c1-15-20(16(2)31-26-15)14-32-21-19(4-3-9-25-21)23(30)28-12-10-27(11-13-28)22(29)17-5-7-18(24)8-6-17/h3-9H,10-14H2,1-2H3. The minimum atomic E-state index is -0.0713. The van der Waals surface area contributed by atoms with Crippen molar-refractivity contribution in [3.63, 3.8) is 0 Å². The van der Waals surface area contributed by atoms with Gasteiger partial charge in [0.2, 0.25) is 0 Å². The SMILES string of the molecule is Cc1noc(C)c1CSc1ncccc1C(=O)N1CCN(C(=O)c2ccc(Cl)cc2)CC1. The van der Waals surface area contributed by atoms with Gasteiger partial charge in [0.25, 0.3) is 11.8 Å². The van der Waals surface area contributed by atoms with E-state index in [1.807, 2.05) is 13.8 Å². The monoisotopic (exact) mass is 470 g/mol. The molecule has 0 unspecified atom stereocenters. The van der Waals surface area contributed by atoms with Gasteiger partial charge in [-0.25, -0.2) is 4.98 Å². The van der Waals surface area contributed by atoms with Crippen molar-refractivity contribution < 1.29 is 14.1 Å². The molecule has 0 N–H and O–H groups in total. The summed E-state index contributed by atoms with van der Waals surface area (Å²) in [5.41, 5.74) is 3.04. The molecule has 1 aromatic carbocycles. The van der Waals surface area contributed by atoms with E-state index < -0.39 is 0 Å². The molecule has 0 bridgehead atoms. The number of hydrogen-bond donors (Lipinski definition) is 0. The predicted octanol–water partition coefficient (Wildman–Crippen LogP) is 4.23. The van der Waals surface area contributed by atoms with Gasteiger partial charge in [-0.3, -0.25) is 9.59 Å². The molecular formula is C23H23ClN4O3S. The Kier molecular flexibility index (Phi) is 6.81. The van der Waals surface area contributed by atoms with E-state index in [2.05, 4.69) is 10.1 Å². The number of halogens is 1. The Morgan fingerprint density at radius 1 is 1.03 bits per heavy atom. The molecule has 0 aliphatic carbocycles. The Morgan fingerprint density at radius 2 is 1.69 bits per heavy atom. The van der Waals surface area contributed by atoms with E-state index in [0.29, 0.717) is 53.1 Å². The number of aryl methyl sites for hydroxylation is 2. The number of nitrogens with zero attached hydrogens (tertiary/aromatic N) is 4. The highest BCUT2D eigenvalue weighted by Crippen LogP contribution is 2.28. The van der Waals surface area contributed by atoms with Gasteiger partial charge in [0.15, 0.2) is 0 Å². The molecule has 9 heteroatoms. The molecule has 7 nitrogen and oxygen atoms in total. The van der Waals surface area contributed by atoms with Gasteiger partial charge in [0.1, 0.15) is 10.8 Å². The van der Waals surface area contributed by atoms with Crippen LogP contribution in [0.2, 0.25) is 5.02 Å². The fourth-order valence-electron chi connectivity index (χ4n) is 3.58. The van der Waals surface area contributed by atoms with Crippen LogP contribution in [-0.2, 0) is 5.75 Å². The maximum absolute atomic E-state index is 13.2. The lowest BCUT2D eigenvalue weighted by Gasteiger charge is -2.35. The van der Waals surface area contributed by atoms with Crippen LogP contribution in [-0.4, -0.2) is 57.9 Å². The summed E-state index contributed by atoms with van der Waals surface area (Å²) < 4.78 is 5.23. The third kappa shape index (κ3) is 4.81. The van der Waals surface area contributed by atoms with E-state index in [9.17, 15) is 9.59 Å². The quantitative estimate of drug-likeness (QED) is 0.519. The van der Waals surface area contributed by atoms with E-state index >= 15 is 0 Å².